The topological polar surface area (TPSA) is 71.7 Å². The predicted octanol–water partition coefficient (Wildman–Crippen LogP) is 3.07. The fourth-order valence-electron chi connectivity index (χ4n) is 2.30. The Labute approximate surface area is 148 Å². The van der Waals surface area contributed by atoms with E-state index in [0.29, 0.717) is 13.2 Å². The minimum atomic E-state index is -1.32. The van der Waals surface area contributed by atoms with E-state index in [-0.39, 0.29) is 19.6 Å². The average Bonchev–Trinajstić information content (AvgIpc) is 2.63. The Bertz CT molecular complexity index is 666. The Balaban J connectivity index is 1.80. The first-order valence-electron chi connectivity index (χ1n) is 8.07. The molecule has 25 heavy (non-hydrogen) atoms. The fraction of sp³-hybridized carbons (Fsp3) is 0.350. The minimum absolute atomic E-state index is 0.0291. The van der Waals surface area contributed by atoms with Gasteiger partial charge in [-0.3, -0.25) is 0 Å². The van der Waals surface area contributed by atoms with E-state index in [4.69, 9.17) is 19.5 Å². The minimum Gasteiger partial charge on any atom is -0.497 e. The van der Waals surface area contributed by atoms with Crippen LogP contribution in [0.25, 0.3) is 0 Å². The maximum Gasteiger partial charge on any atom is 0.124 e. The molecule has 0 saturated carbocycles. The highest BCUT2D eigenvalue weighted by Gasteiger charge is 2.27. The van der Waals surface area contributed by atoms with Crippen LogP contribution in [0, 0.1) is 11.3 Å². The van der Waals surface area contributed by atoms with E-state index in [0.717, 1.165) is 16.9 Å². The average molecular weight is 341 g/mol. The van der Waals surface area contributed by atoms with Gasteiger partial charge in [-0.2, -0.15) is 5.26 Å². The van der Waals surface area contributed by atoms with Gasteiger partial charge in [-0.1, -0.05) is 42.5 Å². The molecule has 0 aromatic heterocycles. The van der Waals surface area contributed by atoms with Crippen LogP contribution in [-0.2, 0) is 22.7 Å². The van der Waals surface area contributed by atoms with Crippen molar-refractivity contribution in [2.24, 2.45) is 0 Å². The van der Waals surface area contributed by atoms with Crippen molar-refractivity contribution < 1.29 is 19.3 Å². The molecule has 0 bridgehead atoms. The second kappa shape index (κ2) is 9.80. The van der Waals surface area contributed by atoms with E-state index < -0.39 is 5.60 Å². The summed E-state index contributed by atoms with van der Waals surface area (Å²) >= 11 is 0. The Morgan fingerprint density at radius 1 is 0.920 bits per heavy atom. The molecular weight excluding hydrogens is 318 g/mol. The smallest absolute Gasteiger partial charge is 0.124 e. The number of nitriles is 1. The molecule has 1 unspecified atom stereocenters. The van der Waals surface area contributed by atoms with Gasteiger partial charge in [0, 0.05) is 0 Å². The maximum absolute atomic E-state index is 10.6. The zero-order valence-electron chi connectivity index (χ0n) is 14.4. The van der Waals surface area contributed by atoms with E-state index >= 15 is 0 Å². The Kier molecular flexibility index (Phi) is 7.42. The molecule has 1 N–H and O–H groups in total. The number of benzene rings is 2. The molecule has 0 saturated heterocycles. The van der Waals surface area contributed by atoms with E-state index in [2.05, 4.69) is 0 Å². The molecule has 0 heterocycles. The van der Waals surface area contributed by atoms with Crippen LogP contribution in [0.2, 0.25) is 0 Å². The summed E-state index contributed by atoms with van der Waals surface area (Å²) in [6.07, 6.45) is -0.0512. The standard InChI is InChI=1S/C20H23NO4/c1-23-19-9-7-18(8-10-19)14-25-16-20(22,11-12-21)15-24-13-17-5-3-2-4-6-17/h2-10,22H,11,13-16H2,1H3. The third kappa shape index (κ3) is 6.55. The summed E-state index contributed by atoms with van der Waals surface area (Å²) in [7, 11) is 1.61. The van der Waals surface area contributed by atoms with Crippen LogP contribution >= 0.6 is 0 Å². The van der Waals surface area contributed by atoms with Crippen molar-refractivity contribution in [3.63, 3.8) is 0 Å². The molecule has 5 heteroatoms. The van der Waals surface area contributed by atoms with Crippen LogP contribution in [0.5, 0.6) is 5.75 Å². The van der Waals surface area contributed by atoms with Gasteiger partial charge in [0.05, 0.1) is 46.0 Å². The third-order valence-electron chi connectivity index (χ3n) is 3.69. The van der Waals surface area contributed by atoms with Crippen molar-refractivity contribution in [3.05, 3.63) is 65.7 Å². The molecule has 1 atom stereocenters. The molecular formula is C20H23NO4. The zero-order valence-corrected chi connectivity index (χ0v) is 14.4. The van der Waals surface area contributed by atoms with Gasteiger partial charge in [0.25, 0.3) is 0 Å². The summed E-state index contributed by atoms with van der Waals surface area (Å²) in [4.78, 5) is 0. The Morgan fingerprint density at radius 2 is 1.48 bits per heavy atom. The number of ether oxygens (including phenoxy) is 3. The number of hydrogen-bond acceptors (Lipinski definition) is 5. The summed E-state index contributed by atoms with van der Waals surface area (Å²) < 4.78 is 16.3. The fourth-order valence-corrected chi connectivity index (χ4v) is 2.30. The number of aliphatic hydroxyl groups is 1. The van der Waals surface area contributed by atoms with Gasteiger partial charge < -0.3 is 19.3 Å². The molecule has 2 aromatic carbocycles. The molecule has 0 fully saturated rings. The lowest BCUT2D eigenvalue weighted by atomic mass is 10.0. The first kappa shape index (κ1) is 18.9. The molecule has 0 aliphatic rings. The second-order valence-corrected chi connectivity index (χ2v) is 5.88. The van der Waals surface area contributed by atoms with E-state index in [1.807, 2.05) is 60.7 Å². The lowest BCUT2D eigenvalue weighted by Gasteiger charge is -2.25. The van der Waals surface area contributed by atoms with E-state index in [9.17, 15) is 5.11 Å². The number of hydrogen-bond donors (Lipinski definition) is 1. The van der Waals surface area contributed by atoms with Crippen molar-refractivity contribution in [3.8, 4) is 11.8 Å². The van der Waals surface area contributed by atoms with Gasteiger partial charge in [0.15, 0.2) is 0 Å². The van der Waals surface area contributed by atoms with E-state index in [1.54, 1.807) is 7.11 Å². The van der Waals surface area contributed by atoms with Gasteiger partial charge in [-0.05, 0) is 23.3 Å². The molecule has 0 spiro atoms. The van der Waals surface area contributed by atoms with Crippen LogP contribution in [0.15, 0.2) is 54.6 Å². The molecule has 0 aliphatic carbocycles. The molecule has 5 nitrogen and oxygen atoms in total. The largest absolute Gasteiger partial charge is 0.497 e. The van der Waals surface area contributed by atoms with Crippen LogP contribution in [0.3, 0.4) is 0 Å². The van der Waals surface area contributed by atoms with Crippen molar-refractivity contribution in [2.45, 2.75) is 25.2 Å². The first-order chi connectivity index (χ1) is 12.1. The van der Waals surface area contributed by atoms with Gasteiger partial charge in [0.2, 0.25) is 0 Å². The van der Waals surface area contributed by atoms with Crippen LogP contribution < -0.4 is 4.74 Å². The monoisotopic (exact) mass is 341 g/mol. The van der Waals surface area contributed by atoms with Gasteiger partial charge >= 0.3 is 0 Å². The Morgan fingerprint density at radius 3 is 2.00 bits per heavy atom. The highest BCUT2D eigenvalue weighted by atomic mass is 16.5. The summed E-state index contributed by atoms with van der Waals surface area (Å²) in [5.74, 6) is 0.777. The lowest BCUT2D eigenvalue weighted by Crippen LogP contribution is -2.39. The molecule has 2 rings (SSSR count). The zero-order chi connectivity index (χ0) is 18.0. The van der Waals surface area contributed by atoms with E-state index in [1.165, 1.54) is 0 Å². The summed E-state index contributed by atoms with van der Waals surface area (Å²) in [5.41, 5.74) is 0.655. The van der Waals surface area contributed by atoms with Gasteiger partial charge in [-0.25, -0.2) is 0 Å². The second-order valence-electron chi connectivity index (χ2n) is 5.88. The molecule has 0 aliphatic heterocycles. The number of nitrogens with zero attached hydrogens (tertiary/aromatic N) is 1. The summed E-state index contributed by atoms with van der Waals surface area (Å²) in [6, 6.07) is 19.2. The highest BCUT2D eigenvalue weighted by Crippen LogP contribution is 2.16. The maximum atomic E-state index is 10.6. The SMILES string of the molecule is COc1ccc(COCC(O)(CC#N)COCc2ccccc2)cc1. The highest BCUT2D eigenvalue weighted by molar-refractivity contribution is 5.26. The van der Waals surface area contributed by atoms with Crippen molar-refractivity contribution >= 4 is 0 Å². The van der Waals surface area contributed by atoms with Crippen LogP contribution in [0.4, 0.5) is 0 Å². The number of methoxy groups -OCH3 is 1. The Hall–Kier alpha value is -2.39. The lowest BCUT2D eigenvalue weighted by molar-refractivity contribution is -0.0994. The van der Waals surface area contributed by atoms with Gasteiger partial charge in [0.1, 0.15) is 11.4 Å². The van der Waals surface area contributed by atoms with Crippen molar-refractivity contribution in [1.29, 1.82) is 5.26 Å². The van der Waals surface area contributed by atoms with Gasteiger partial charge in [-0.15, -0.1) is 0 Å². The molecule has 2 aromatic rings. The first-order valence-corrected chi connectivity index (χ1v) is 8.07. The molecule has 0 amide bonds. The van der Waals surface area contributed by atoms with Crippen LogP contribution in [-0.4, -0.2) is 31.0 Å². The molecule has 132 valence electrons. The molecule has 0 radical (unpaired) electrons. The summed E-state index contributed by atoms with van der Waals surface area (Å²) in [5, 5.41) is 19.5. The quantitative estimate of drug-likeness (QED) is 0.719. The van der Waals surface area contributed by atoms with Crippen LogP contribution in [0.1, 0.15) is 17.5 Å². The normalized spacial score (nSPS) is 13.0. The third-order valence-corrected chi connectivity index (χ3v) is 3.69. The predicted molar refractivity (Wildman–Crippen MR) is 93.9 cm³/mol. The van der Waals surface area contributed by atoms with Crippen molar-refractivity contribution in [1.82, 2.24) is 0 Å². The van der Waals surface area contributed by atoms with Crippen molar-refractivity contribution in [2.75, 3.05) is 20.3 Å². The number of rotatable bonds is 10. The summed E-state index contributed by atoms with van der Waals surface area (Å²) in [6.45, 7) is 0.795.